The quantitative estimate of drug-likeness (QED) is 0.712. The molecule has 1 amide bonds. The predicted octanol–water partition coefficient (Wildman–Crippen LogP) is 4.84. The van der Waals surface area contributed by atoms with E-state index in [1.807, 2.05) is 43.0 Å². The Labute approximate surface area is 177 Å². The maximum absolute atomic E-state index is 12.8. The van der Waals surface area contributed by atoms with Gasteiger partial charge in [0.2, 0.25) is 0 Å². The van der Waals surface area contributed by atoms with Gasteiger partial charge in [-0.15, -0.1) is 0 Å². The summed E-state index contributed by atoms with van der Waals surface area (Å²) >= 11 is 0. The van der Waals surface area contributed by atoms with Crippen molar-refractivity contribution in [3.8, 4) is 6.07 Å². The summed E-state index contributed by atoms with van der Waals surface area (Å²) in [5, 5.41) is 12.5. The van der Waals surface area contributed by atoms with Crippen molar-refractivity contribution in [3.63, 3.8) is 0 Å². The number of rotatable bonds is 4. The minimum atomic E-state index is -0.565. The molecule has 6 heteroatoms. The lowest BCUT2D eigenvalue weighted by atomic mass is 9.86. The Morgan fingerprint density at radius 3 is 2.47 bits per heavy atom. The Morgan fingerprint density at radius 2 is 1.83 bits per heavy atom. The maximum atomic E-state index is 12.8. The molecule has 1 aliphatic heterocycles. The normalized spacial score (nSPS) is 25.4. The molecule has 1 unspecified atom stereocenters. The fourth-order valence-electron chi connectivity index (χ4n) is 4.81. The number of hydrogen-bond acceptors (Lipinski definition) is 5. The second-order valence-electron chi connectivity index (χ2n) is 8.76. The standard InChI is InChI=1S/C24H28N4O2/c1-24(2)22(17-6-4-3-5-7-17)28(23(29)30-24)19-11-9-18(10-12-19)27-21-13-8-16(15-25)14-20(21)26/h3-8,13-14,18-19,22,27H,9-12,26H2,1-2H3. The van der Waals surface area contributed by atoms with Gasteiger partial charge in [-0.3, -0.25) is 4.90 Å². The molecule has 0 radical (unpaired) electrons. The average molecular weight is 405 g/mol. The smallest absolute Gasteiger partial charge is 0.411 e. The first-order valence-electron chi connectivity index (χ1n) is 10.5. The van der Waals surface area contributed by atoms with Gasteiger partial charge in [0.05, 0.1) is 29.0 Å². The predicted molar refractivity (Wildman–Crippen MR) is 117 cm³/mol. The van der Waals surface area contributed by atoms with Gasteiger partial charge in [0, 0.05) is 12.1 Å². The van der Waals surface area contributed by atoms with E-state index >= 15 is 0 Å². The van der Waals surface area contributed by atoms with Crippen LogP contribution in [0.15, 0.2) is 48.5 Å². The summed E-state index contributed by atoms with van der Waals surface area (Å²) in [5.41, 5.74) is 8.64. The van der Waals surface area contributed by atoms with Crippen molar-refractivity contribution in [2.75, 3.05) is 11.1 Å². The van der Waals surface area contributed by atoms with Gasteiger partial charge in [0.1, 0.15) is 5.60 Å². The summed E-state index contributed by atoms with van der Waals surface area (Å²) in [6.45, 7) is 3.98. The number of ether oxygens (including phenoxy) is 1. The SMILES string of the molecule is CC1(C)OC(=O)N(C2CCC(Nc3ccc(C#N)cc3N)CC2)C1c1ccccc1. The number of benzene rings is 2. The molecular weight excluding hydrogens is 376 g/mol. The van der Waals surface area contributed by atoms with E-state index in [1.54, 1.807) is 12.1 Å². The summed E-state index contributed by atoms with van der Waals surface area (Å²) in [5.74, 6) is 0. The van der Waals surface area contributed by atoms with Crippen LogP contribution in [0.2, 0.25) is 0 Å². The van der Waals surface area contributed by atoms with E-state index in [1.165, 1.54) is 0 Å². The van der Waals surface area contributed by atoms with Crippen LogP contribution in [0.25, 0.3) is 0 Å². The highest BCUT2D eigenvalue weighted by atomic mass is 16.6. The fourth-order valence-corrected chi connectivity index (χ4v) is 4.81. The van der Waals surface area contributed by atoms with E-state index in [4.69, 9.17) is 15.7 Å². The molecule has 2 aromatic rings. The topological polar surface area (TPSA) is 91.4 Å². The Bertz CT molecular complexity index is 959. The Hall–Kier alpha value is -3.20. The first-order valence-corrected chi connectivity index (χ1v) is 10.5. The van der Waals surface area contributed by atoms with Crippen molar-refractivity contribution >= 4 is 17.5 Å². The lowest BCUT2D eigenvalue weighted by Crippen LogP contribution is -2.44. The van der Waals surface area contributed by atoms with Crippen LogP contribution in [0, 0.1) is 11.3 Å². The Balaban J connectivity index is 1.45. The van der Waals surface area contributed by atoms with Crippen molar-refractivity contribution in [1.82, 2.24) is 4.90 Å². The molecule has 156 valence electrons. The van der Waals surface area contributed by atoms with Gasteiger partial charge in [-0.1, -0.05) is 30.3 Å². The highest BCUT2D eigenvalue weighted by molar-refractivity contribution is 5.72. The molecule has 0 aromatic heterocycles. The number of amides is 1. The minimum absolute atomic E-state index is 0.0881. The summed E-state index contributed by atoms with van der Waals surface area (Å²) in [7, 11) is 0. The summed E-state index contributed by atoms with van der Waals surface area (Å²) in [6.07, 6.45) is 3.47. The van der Waals surface area contributed by atoms with Crippen molar-refractivity contribution in [2.45, 2.75) is 63.3 Å². The second kappa shape index (κ2) is 7.91. The first-order chi connectivity index (χ1) is 14.4. The number of anilines is 2. The number of carbonyl (C=O) groups excluding carboxylic acids is 1. The van der Waals surface area contributed by atoms with Gasteiger partial charge in [0.15, 0.2) is 0 Å². The van der Waals surface area contributed by atoms with Crippen LogP contribution < -0.4 is 11.1 Å². The molecule has 1 saturated carbocycles. The van der Waals surface area contributed by atoms with Crippen LogP contribution >= 0.6 is 0 Å². The minimum Gasteiger partial charge on any atom is -0.441 e. The zero-order valence-electron chi connectivity index (χ0n) is 17.5. The number of hydrogen-bond donors (Lipinski definition) is 2. The molecule has 30 heavy (non-hydrogen) atoms. The number of carbonyl (C=O) groups is 1. The third-order valence-corrected chi connectivity index (χ3v) is 6.24. The molecule has 2 aromatic carbocycles. The van der Waals surface area contributed by atoms with Crippen molar-refractivity contribution in [1.29, 1.82) is 5.26 Å². The second-order valence-corrected chi connectivity index (χ2v) is 8.76. The zero-order chi connectivity index (χ0) is 21.3. The van der Waals surface area contributed by atoms with Gasteiger partial charge in [-0.2, -0.15) is 5.26 Å². The van der Waals surface area contributed by atoms with E-state index in [9.17, 15) is 4.79 Å². The van der Waals surface area contributed by atoms with Crippen molar-refractivity contribution < 1.29 is 9.53 Å². The van der Waals surface area contributed by atoms with Crippen LogP contribution in [0.1, 0.15) is 56.7 Å². The van der Waals surface area contributed by atoms with Gasteiger partial charge < -0.3 is 15.8 Å². The van der Waals surface area contributed by atoms with Gasteiger partial charge in [0.25, 0.3) is 0 Å². The molecule has 2 aliphatic rings. The number of nitrogens with two attached hydrogens (primary N) is 1. The summed E-state index contributed by atoms with van der Waals surface area (Å²) in [6, 6.07) is 18.0. The van der Waals surface area contributed by atoms with Crippen LogP contribution in [0.5, 0.6) is 0 Å². The molecule has 3 N–H and O–H groups in total. The molecule has 1 heterocycles. The number of nitriles is 1. The third kappa shape index (κ3) is 3.80. The average Bonchev–Trinajstić information content (AvgIpc) is 2.98. The summed E-state index contributed by atoms with van der Waals surface area (Å²) < 4.78 is 5.77. The van der Waals surface area contributed by atoms with Crippen LogP contribution in [0.3, 0.4) is 0 Å². The van der Waals surface area contributed by atoms with Crippen molar-refractivity contribution in [2.24, 2.45) is 0 Å². The third-order valence-electron chi connectivity index (χ3n) is 6.24. The van der Waals surface area contributed by atoms with Gasteiger partial charge in [-0.25, -0.2) is 4.79 Å². The van der Waals surface area contributed by atoms with E-state index in [0.29, 0.717) is 17.3 Å². The first kappa shape index (κ1) is 20.1. The molecule has 1 atom stereocenters. The molecule has 2 fully saturated rings. The van der Waals surface area contributed by atoms with Gasteiger partial charge >= 0.3 is 6.09 Å². The molecule has 6 nitrogen and oxygen atoms in total. The number of nitrogens with zero attached hydrogens (tertiary/aromatic N) is 2. The van der Waals surface area contributed by atoms with E-state index in [2.05, 4.69) is 23.5 Å². The molecule has 0 bridgehead atoms. The number of cyclic esters (lactones) is 1. The van der Waals surface area contributed by atoms with E-state index in [0.717, 1.165) is 36.9 Å². The molecule has 1 aliphatic carbocycles. The summed E-state index contributed by atoms with van der Waals surface area (Å²) in [4.78, 5) is 14.8. The lowest BCUT2D eigenvalue weighted by molar-refractivity contribution is 0.0664. The fraction of sp³-hybridized carbons (Fsp3) is 0.417. The molecule has 0 spiro atoms. The lowest BCUT2D eigenvalue weighted by Gasteiger charge is -2.38. The van der Waals surface area contributed by atoms with E-state index in [-0.39, 0.29) is 18.2 Å². The van der Waals surface area contributed by atoms with Crippen LogP contribution in [-0.4, -0.2) is 28.7 Å². The Kier molecular flexibility index (Phi) is 5.29. The molecular formula is C24H28N4O2. The Morgan fingerprint density at radius 1 is 1.13 bits per heavy atom. The van der Waals surface area contributed by atoms with Gasteiger partial charge in [-0.05, 0) is 63.3 Å². The highest BCUT2D eigenvalue weighted by Crippen LogP contribution is 2.44. The van der Waals surface area contributed by atoms with Crippen molar-refractivity contribution in [3.05, 3.63) is 59.7 Å². The highest BCUT2D eigenvalue weighted by Gasteiger charge is 2.51. The number of nitrogen functional groups attached to an aromatic ring is 1. The monoisotopic (exact) mass is 404 g/mol. The zero-order valence-corrected chi connectivity index (χ0v) is 17.5. The largest absolute Gasteiger partial charge is 0.441 e. The molecule has 4 rings (SSSR count). The number of nitrogens with one attached hydrogen (secondary N) is 1. The van der Waals surface area contributed by atoms with E-state index < -0.39 is 5.60 Å². The maximum Gasteiger partial charge on any atom is 0.411 e. The van der Waals surface area contributed by atoms with Crippen LogP contribution in [-0.2, 0) is 4.74 Å². The van der Waals surface area contributed by atoms with Crippen LogP contribution in [0.4, 0.5) is 16.2 Å². The molecule has 1 saturated heterocycles.